The fourth-order valence-electron chi connectivity index (χ4n) is 13.3. The molecule has 2 atom stereocenters. The van der Waals surface area contributed by atoms with E-state index in [0.717, 1.165) is 130 Å². The molecule has 4 aliphatic heterocycles. The number of hydrogen-bond donors (Lipinski definition) is 4. The van der Waals surface area contributed by atoms with Crippen LogP contribution < -0.4 is 9.80 Å². The lowest BCUT2D eigenvalue weighted by Gasteiger charge is -2.46. The Bertz CT molecular complexity index is 3510. The van der Waals surface area contributed by atoms with Crippen molar-refractivity contribution < 1.29 is 19.8 Å². The first kappa shape index (κ1) is 56.4. The number of likely N-dealkylation sites (N-methyl/N-ethyl adjacent to an activating group) is 4. The van der Waals surface area contributed by atoms with Crippen molar-refractivity contribution in [1.29, 1.82) is 0 Å². The third-order valence-electron chi connectivity index (χ3n) is 17.0. The topological polar surface area (TPSA) is 177 Å². The molecule has 428 valence electrons. The maximum absolute atomic E-state index is 13.1. The molecule has 0 saturated carbocycles. The van der Waals surface area contributed by atoms with Gasteiger partial charge in [0.1, 0.15) is 11.0 Å². The molecule has 2 saturated heterocycles. The Morgan fingerprint density at radius 2 is 0.963 bits per heavy atom. The minimum Gasteiger partial charge on any atom is -0.389 e. The molecule has 2 fully saturated rings. The van der Waals surface area contributed by atoms with E-state index in [4.69, 9.17) is 19.9 Å². The first-order chi connectivity index (χ1) is 39.0. The molecule has 0 bridgehead atoms. The Morgan fingerprint density at radius 1 is 0.573 bits per heavy atom. The van der Waals surface area contributed by atoms with Crippen LogP contribution in [-0.2, 0) is 12.8 Å². The van der Waals surface area contributed by atoms with Gasteiger partial charge in [-0.3, -0.25) is 9.59 Å². The van der Waals surface area contributed by atoms with E-state index in [-0.39, 0.29) is 24.9 Å². The monoisotopic (exact) mass is 1100 g/mol. The normalized spacial score (nSPS) is 17.4. The Labute approximate surface area is 482 Å². The van der Waals surface area contributed by atoms with E-state index in [0.29, 0.717) is 23.2 Å². The summed E-state index contributed by atoms with van der Waals surface area (Å²) in [6.07, 6.45) is 12.1. The summed E-state index contributed by atoms with van der Waals surface area (Å²) in [6.45, 7) is 22.3. The van der Waals surface area contributed by atoms with E-state index in [1.807, 2.05) is 75.0 Å². The maximum atomic E-state index is 13.1. The number of fused-ring (bicyclic) bond motifs is 8. The van der Waals surface area contributed by atoms with E-state index < -0.39 is 11.2 Å². The van der Waals surface area contributed by atoms with Gasteiger partial charge in [0.25, 0.3) is 11.8 Å². The molecule has 8 aromatic rings. The maximum Gasteiger partial charge on any atom is 0.253 e. The molecule has 2 amide bonds. The SMILES string of the molecule is Cc1cc(-c2c[nH]c3ncc(-c4cc(C)c5c(c4)CC[C@@H]4CN(C)CCN54)nc23)ccc1C(=O)N(C)CC(C)(C)O.Cc1cc(-c2c[nH]c3ncc(-c4cc(C)c5c(c4)CC[C@H]4CN(C)CCN54)nc23)ccc1C(=O)N(C)CC(C)(C)O. The Kier molecular flexibility index (Phi) is 15.1. The number of rotatable bonds is 10. The average molecular weight is 1110 g/mol. The number of H-pyrrole nitrogens is 2. The van der Waals surface area contributed by atoms with Gasteiger partial charge < -0.3 is 49.6 Å². The van der Waals surface area contributed by atoms with E-state index in [2.05, 4.69) is 81.8 Å². The zero-order chi connectivity index (χ0) is 58.1. The predicted molar refractivity (Wildman–Crippen MR) is 329 cm³/mol. The summed E-state index contributed by atoms with van der Waals surface area (Å²) < 4.78 is 0. The number of nitrogens with zero attached hydrogens (tertiary/aromatic N) is 10. The lowest BCUT2D eigenvalue weighted by molar-refractivity contribution is 0.0367. The van der Waals surface area contributed by atoms with Crippen molar-refractivity contribution in [2.24, 2.45) is 0 Å². The molecule has 4 aliphatic rings. The molecule has 0 unspecified atom stereocenters. The molecule has 4 aromatic carbocycles. The summed E-state index contributed by atoms with van der Waals surface area (Å²) in [6, 6.07) is 22.0. The number of aliphatic hydroxyl groups is 2. The molecule has 8 heterocycles. The molecule has 4 aromatic heterocycles. The highest BCUT2D eigenvalue weighted by Crippen LogP contribution is 2.41. The van der Waals surface area contributed by atoms with Crippen LogP contribution in [0.2, 0.25) is 0 Å². The molecular formula is C66H80N12O4. The number of anilines is 2. The third-order valence-corrected chi connectivity index (χ3v) is 17.0. The Morgan fingerprint density at radius 3 is 1.34 bits per heavy atom. The van der Waals surface area contributed by atoms with Gasteiger partial charge in [0.2, 0.25) is 0 Å². The van der Waals surface area contributed by atoms with Gasteiger partial charge in [-0.2, -0.15) is 0 Å². The highest BCUT2D eigenvalue weighted by molar-refractivity contribution is 5.99. The highest BCUT2D eigenvalue weighted by atomic mass is 16.3. The summed E-state index contributed by atoms with van der Waals surface area (Å²) in [5.74, 6) is -0.217. The van der Waals surface area contributed by atoms with E-state index in [1.165, 1.54) is 46.5 Å². The number of hydrogen-bond acceptors (Lipinski definition) is 12. The molecule has 0 radical (unpaired) electrons. The van der Waals surface area contributed by atoms with Gasteiger partial charge in [-0.25, -0.2) is 19.9 Å². The van der Waals surface area contributed by atoms with Crippen LogP contribution in [0.4, 0.5) is 11.4 Å². The summed E-state index contributed by atoms with van der Waals surface area (Å²) in [5, 5.41) is 20.3. The minimum atomic E-state index is -0.956. The molecule has 0 spiro atoms. The van der Waals surface area contributed by atoms with Crippen molar-refractivity contribution in [3.63, 3.8) is 0 Å². The standard InChI is InChI=1S/2C33H40N6O2/c2*1-20-13-22(8-10-26(20)32(40)38(6)19-33(3,4)41)27-16-34-31-29(27)36-28(17-35-31)24-14-21(2)30-23(15-24)7-9-25-18-37(5)11-12-39(25)30/h2*8,10,13-17,25,41H,7,9,11-12,18-19H2,1-6H3,(H,34,35)/t2*25-/m10/s1. The molecular weight excluding hydrogens is 1020 g/mol. The molecule has 0 aliphatic carbocycles. The van der Waals surface area contributed by atoms with E-state index in [9.17, 15) is 19.8 Å². The largest absolute Gasteiger partial charge is 0.389 e. The lowest BCUT2D eigenvalue weighted by Crippen LogP contribution is -2.54. The second kappa shape index (κ2) is 22.0. The smallest absolute Gasteiger partial charge is 0.253 e. The van der Waals surface area contributed by atoms with Gasteiger partial charge in [0.05, 0.1) is 35.0 Å². The van der Waals surface area contributed by atoms with Crippen LogP contribution in [0.1, 0.15) is 94.6 Å². The van der Waals surface area contributed by atoms with Gasteiger partial charge >= 0.3 is 0 Å². The quantitative estimate of drug-likeness (QED) is 0.102. The summed E-state index contributed by atoms with van der Waals surface area (Å²) in [4.78, 5) is 65.6. The van der Waals surface area contributed by atoms with E-state index in [1.54, 1.807) is 51.6 Å². The second-order valence-corrected chi connectivity index (χ2v) is 25.2. The van der Waals surface area contributed by atoms with Crippen molar-refractivity contribution in [2.75, 3.05) is 90.3 Å². The van der Waals surface area contributed by atoms with Crippen LogP contribution in [-0.4, -0.2) is 175 Å². The molecule has 16 nitrogen and oxygen atoms in total. The number of aromatic amines is 2. The van der Waals surface area contributed by atoms with Gasteiger partial charge in [0.15, 0.2) is 11.3 Å². The predicted octanol–water partition coefficient (Wildman–Crippen LogP) is 9.64. The molecule has 4 N–H and O–H groups in total. The van der Waals surface area contributed by atoms with Crippen molar-refractivity contribution >= 4 is 45.5 Å². The second-order valence-electron chi connectivity index (χ2n) is 25.2. The van der Waals surface area contributed by atoms with E-state index >= 15 is 0 Å². The zero-order valence-electron chi connectivity index (χ0n) is 49.9. The lowest BCUT2D eigenvalue weighted by atomic mass is 9.89. The van der Waals surface area contributed by atoms with Crippen molar-refractivity contribution in [3.05, 3.63) is 130 Å². The first-order valence-corrected chi connectivity index (χ1v) is 29.0. The number of piperazine rings is 2. The van der Waals surface area contributed by atoms with Gasteiger partial charge in [-0.1, -0.05) is 24.3 Å². The van der Waals surface area contributed by atoms with Crippen molar-refractivity contribution in [1.82, 2.24) is 49.5 Å². The third kappa shape index (κ3) is 11.4. The number of nitrogens with one attached hydrogen (secondary N) is 2. The van der Waals surface area contributed by atoms with Crippen LogP contribution in [0, 0.1) is 27.7 Å². The number of amides is 2. The first-order valence-electron chi connectivity index (χ1n) is 29.0. The van der Waals surface area contributed by atoms with Gasteiger partial charge in [-0.05, 0) is 176 Å². The summed E-state index contributed by atoms with van der Waals surface area (Å²) in [5.41, 5.74) is 20.2. The number of aryl methyl sites for hydroxylation is 6. The molecule has 16 heteroatoms. The van der Waals surface area contributed by atoms with Crippen LogP contribution in [0.3, 0.4) is 0 Å². The zero-order valence-corrected chi connectivity index (χ0v) is 49.9. The van der Waals surface area contributed by atoms with Crippen LogP contribution in [0.5, 0.6) is 0 Å². The average Bonchev–Trinajstić information content (AvgIpc) is 3.73. The highest BCUT2D eigenvalue weighted by Gasteiger charge is 2.34. The van der Waals surface area contributed by atoms with Crippen LogP contribution >= 0.6 is 0 Å². The number of carbonyl (C=O) groups excluding carboxylic acids is 2. The summed E-state index contributed by atoms with van der Waals surface area (Å²) in [7, 11) is 7.88. The summed E-state index contributed by atoms with van der Waals surface area (Å²) >= 11 is 0. The number of carbonyl (C=O) groups is 2. The fraction of sp³-hybridized carbons (Fsp3) is 0.424. The molecule has 12 rings (SSSR count). The Balaban J connectivity index is 0.000000172. The number of benzene rings is 4. The minimum absolute atomic E-state index is 0.108. The van der Waals surface area contributed by atoms with Gasteiger partial charge in [0, 0.05) is 136 Å². The van der Waals surface area contributed by atoms with Crippen molar-refractivity contribution in [2.45, 2.75) is 104 Å². The molecule has 82 heavy (non-hydrogen) atoms. The fourth-order valence-corrected chi connectivity index (χ4v) is 13.3. The van der Waals surface area contributed by atoms with Gasteiger partial charge in [-0.15, -0.1) is 0 Å². The van der Waals surface area contributed by atoms with Crippen LogP contribution in [0.15, 0.2) is 85.5 Å². The van der Waals surface area contributed by atoms with Crippen molar-refractivity contribution in [3.8, 4) is 44.8 Å². The Hall–Kier alpha value is -7.50. The number of aromatic nitrogens is 6. The van der Waals surface area contributed by atoms with Crippen LogP contribution in [0.25, 0.3) is 67.1 Å².